The smallest absolute Gasteiger partial charge is 0.240 e. The fourth-order valence-corrected chi connectivity index (χ4v) is 3.09. The zero-order valence-corrected chi connectivity index (χ0v) is 13.1. The van der Waals surface area contributed by atoms with Gasteiger partial charge in [-0.25, -0.2) is 0 Å². The van der Waals surface area contributed by atoms with E-state index in [1.54, 1.807) is 0 Å². The Bertz CT molecular complexity index is 508. The highest BCUT2D eigenvalue weighted by Crippen LogP contribution is 2.29. The first-order valence-corrected chi connectivity index (χ1v) is 8.26. The van der Waals surface area contributed by atoms with E-state index in [1.807, 2.05) is 0 Å². The van der Waals surface area contributed by atoms with Gasteiger partial charge in [-0.05, 0) is 42.7 Å². The maximum Gasteiger partial charge on any atom is 0.240 e. The van der Waals surface area contributed by atoms with Gasteiger partial charge in [-0.3, -0.25) is 4.79 Å². The molecule has 1 fully saturated rings. The van der Waals surface area contributed by atoms with Gasteiger partial charge in [0.2, 0.25) is 5.91 Å². The van der Waals surface area contributed by atoms with Gasteiger partial charge in [0, 0.05) is 19.1 Å². The van der Waals surface area contributed by atoms with Crippen LogP contribution < -0.4 is 5.32 Å². The monoisotopic (exact) mass is 286 g/mol. The van der Waals surface area contributed by atoms with Crippen LogP contribution in [0, 0.1) is 5.92 Å². The number of nitrogens with one attached hydrogen (secondary N) is 1. The molecule has 1 amide bonds. The van der Waals surface area contributed by atoms with Crippen LogP contribution in [0.4, 0.5) is 0 Å². The topological polar surface area (TPSA) is 32.3 Å². The van der Waals surface area contributed by atoms with E-state index in [-0.39, 0.29) is 6.04 Å². The van der Waals surface area contributed by atoms with Crippen molar-refractivity contribution in [3.05, 3.63) is 35.4 Å². The molecular weight excluding hydrogens is 260 g/mol. The summed E-state index contributed by atoms with van der Waals surface area (Å²) in [5.74, 6) is 0.965. The van der Waals surface area contributed by atoms with Crippen LogP contribution >= 0.6 is 0 Å². The summed E-state index contributed by atoms with van der Waals surface area (Å²) in [6.45, 7) is 6.19. The minimum Gasteiger partial charge on any atom is -0.338 e. The number of carbonyl (C=O) groups excluding carboxylic acids is 1. The van der Waals surface area contributed by atoms with Crippen molar-refractivity contribution < 1.29 is 4.79 Å². The highest BCUT2D eigenvalue weighted by atomic mass is 16.2. The Kier molecular flexibility index (Phi) is 4.29. The molecule has 1 unspecified atom stereocenters. The maximum absolute atomic E-state index is 12.9. The molecule has 1 N–H and O–H groups in total. The lowest BCUT2D eigenvalue weighted by molar-refractivity contribution is -0.134. The first-order valence-electron chi connectivity index (χ1n) is 8.26. The van der Waals surface area contributed by atoms with Crippen LogP contribution in [0.3, 0.4) is 0 Å². The quantitative estimate of drug-likeness (QED) is 0.902. The van der Waals surface area contributed by atoms with Gasteiger partial charge >= 0.3 is 0 Å². The number of fused-ring (bicyclic) bond motifs is 1. The third kappa shape index (κ3) is 3.46. The second kappa shape index (κ2) is 6.18. The Balaban J connectivity index is 1.66. The van der Waals surface area contributed by atoms with E-state index in [9.17, 15) is 4.79 Å². The lowest BCUT2D eigenvalue weighted by Crippen LogP contribution is -2.50. The summed E-state index contributed by atoms with van der Waals surface area (Å²) in [6, 6.07) is 8.93. The van der Waals surface area contributed by atoms with E-state index in [2.05, 4.69) is 48.3 Å². The lowest BCUT2D eigenvalue weighted by atomic mass is 9.95. The van der Waals surface area contributed by atoms with Gasteiger partial charge in [0.15, 0.2) is 0 Å². The molecule has 114 valence electrons. The Hall–Kier alpha value is -1.35. The summed E-state index contributed by atoms with van der Waals surface area (Å²) in [4.78, 5) is 15.0. The first kappa shape index (κ1) is 14.6. The minimum absolute atomic E-state index is 0.0346. The van der Waals surface area contributed by atoms with Crippen molar-refractivity contribution in [2.75, 3.05) is 6.54 Å². The molecule has 3 nitrogen and oxygen atoms in total. The van der Waals surface area contributed by atoms with Crippen molar-refractivity contribution in [1.29, 1.82) is 0 Å². The minimum atomic E-state index is -0.0346. The molecule has 3 rings (SSSR count). The van der Waals surface area contributed by atoms with Gasteiger partial charge in [0.1, 0.15) is 0 Å². The van der Waals surface area contributed by atoms with E-state index in [0.717, 1.165) is 25.9 Å². The molecule has 1 atom stereocenters. The molecule has 1 aliphatic carbocycles. The molecule has 0 radical (unpaired) electrons. The van der Waals surface area contributed by atoms with Crippen molar-refractivity contribution in [2.45, 2.75) is 58.2 Å². The Morgan fingerprint density at radius 1 is 1.29 bits per heavy atom. The number of nitrogens with zero attached hydrogens (tertiary/aromatic N) is 1. The zero-order valence-electron chi connectivity index (χ0n) is 13.1. The summed E-state index contributed by atoms with van der Waals surface area (Å²) < 4.78 is 0. The summed E-state index contributed by atoms with van der Waals surface area (Å²) in [5.41, 5.74) is 2.66. The predicted octanol–water partition coefficient (Wildman–Crippen LogP) is 2.74. The van der Waals surface area contributed by atoms with Crippen molar-refractivity contribution in [2.24, 2.45) is 5.92 Å². The second-order valence-electron chi connectivity index (χ2n) is 6.85. The molecular formula is C18H26N2O. The fraction of sp³-hybridized carbons (Fsp3) is 0.611. The molecule has 3 heteroatoms. The van der Waals surface area contributed by atoms with Crippen LogP contribution in [0.1, 0.15) is 44.2 Å². The highest BCUT2D eigenvalue weighted by Gasteiger charge is 2.36. The number of rotatable bonds is 5. The van der Waals surface area contributed by atoms with Crippen LogP contribution in [0.5, 0.6) is 0 Å². The van der Waals surface area contributed by atoms with Crippen molar-refractivity contribution in [3.8, 4) is 0 Å². The summed E-state index contributed by atoms with van der Waals surface area (Å²) in [7, 11) is 0. The second-order valence-corrected chi connectivity index (χ2v) is 6.85. The number of amides is 1. The molecule has 1 saturated carbocycles. The van der Waals surface area contributed by atoms with Gasteiger partial charge in [-0.2, -0.15) is 0 Å². The van der Waals surface area contributed by atoms with Crippen molar-refractivity contribution in [1.82, 2.24) is 10.2 Å². The van der Waals surface area contributed by atoms with Gasteiger partial charge in [-0.1, -0.05) is 38.1 Å². The number of benzene rings is 1. The van der Waals surface area contributed by atoms with Crippen LogP contribution in [0.25, 0.3) is 0 Å². The molecule has 0 saturated heterocycles. The molecule has 1 aliphatic heterocycles. The maximum atomic E-state index is 12.9. The summed E-state index contributed by atoms with van der Waals surface area (Å²) >= 11 is 0. The predicted molar refractivity (Wildman–Crippen MR) is 85.0 cm³/mol. The van der Waals surface area contributed by atoms with E-state index >= 15 is 0 Å². The van der Waals surface area contributed by atoms with Crippen molar-refractivity contribution in [3.63, 3.8) is 0 Å². The molecule has 1 aromatic rings. The van der Waals surface area contributed by atoms with Gasteiger partial charge in [0.25, 0.3) is 0 Å². The molecule has 1 heterocycles. The van der Waals surface area contributed by atoms with Crippen LogP contribution in [-0.2, 0) is 17.8 Å². The third-order valence-electron chi connectivity index (χ3n) is 4.60. The van der Waals surface area contributed by atoms with Gasteiger partial charge in [-0.15, -0.1) is 0 Å². The van der Waals surface area contributed by atoms with E-state index in [4.69, 9.17) is 0 Å². The third-order valence-corrected chi connectivity index (χ3v) is 4.60. The highest BCUT2D eigenvalue weighted by molar-refractivity contribution is 5.83. The number of hydrogen-bond acceptors (Lipinski definition) is 2. The average molecular weight is 286 g/mol. The fourth-order valence-electron chi connectivity index (χ4n) is 3.09. The van der Waals surface area contributed by atoms with Crippen LogP contribution in [0.15, 0.2) is 24.3 Å². The molecule has 0 bridgehead atoms. The number of carbonyl (C=O) groups is 1. The average Bonchev–Trinajstić information content (AvgIpc) is 3.31. The largest absolute Gasteiger partial charge is 0.338 e. The Morgan fingerprint density at radius 3 is 2.67 bits per heavy atom. The molecule has 1 aromatic carbocycles. The molecule has 2 aliphatic rings. The standard InChI is InChI=1S/C18H26N2O/c1-13(2)9-10-20(16-7-8-16)18(21)17-11-14-5-3-4-6-15(14)12-19-17/h3-6,13,16-17,19H,7-12H2,1-2H3. The number of hydrogen-bond donors (Lipinski definition) is 1. The molecule has 0 aromatic heterocycles. The van der Waals surface area contributed by atoms with Gasteiger partial charge in [0.05, 0.1) is 6.04 Å². The van der Waals surface area contributed by atoms with E-state index in [0.29, 0.717) is 17.9 Å². The SMILES string of the molecule is CC(C)CCN(C(=O)C1Cc2ccccc2CN1)C1CC1. The van der Waals surface area contributed by atoms with Crippen molar-refractivity contribution >= 4 is 5.91 Å². The van der Waals surface area contributed by atoms with Crippen LogP contribution in [0.2, 0.25) is 0 Å². The first-order chi connectivity index (χ1) is 10.1. The molecule has 0 spiro atoms. The van der Waals surface area contributed by atoms with Gasteiger partial charge < -0.3 is 10.2 Å². The van der Waals surface area contributed by atoms with E-state index in [1.165, 1.54) is 24.0 Å². The summed E-state index contributed by atoms with van der Waals surface area (Å²) in [5, 5.41) is 3.43. The Labute approximate surface area is 127 Å². The molecule has 21 heavy (non-hydrogen) atoms. The summed E-state index contributed by atoms with van der Waals surface area (Å²) in [6.07, 6.45) is 4.31. The normalized spacial score (nSPS) is 21.2. The Morgan fingerprint density at radius 2 is 2.00 bits per heavy atom. The van der Waals surface area contributed by atoms with Crippen LogP contribution in [-0.4, -0.2) is 29.4 Å². The van der Waals surface area contributed by atoms with E-state index < -0.39 is 0 Å². The lowest BCUT2D eigenvalue weighted by Gasteiger charge is -2.31. The zero-order chi connectivity index (χ0) is 14.8.